The van der Waals surface area contributed by atoms with Crippen LogP contribution in [0.25, 0.3) is 0 Å². The first kappa shape index (κ1) is 7.03. The van der Waals surface area contributed by atoms with Crippen LogP contribution in [0.3, 0.4) is 0 Å². The summed E-state index contributed by atoms with van der Waals surface area (Å²) in [7, 11) is 0. The fourth-order valence-corrected chi connectivity index (χ4v) is 1.45. The maximum absolute atomic E-state index is 5.41. The molecule has 0 unspecified atom stereocenters. The summed E-state index contributed by atoms with van der Waals surface area (Å²) in [5, 5.41) is 3.47. The molecule has 2 nitrogen and oxygen atoms in total. The summed E-state index contributed by atoms with van der Waals surface area (Å²) in [6, 6.07) is 1.44. The van der Waals surface area contributed by atoms with Crippen molar-refractivity contribution in [3.05, 3.63) is 0 Å². The van der Waals surface area contributed by atoms with E-state index >= 15 is 0 Å². The second-order valence-electron chi connectivity index (χ2n) is 2.92. The van der Waals surface area contributed by atoms with Crippen LogP contribution in [-0.4, -0.2) is 18.6 Å². The van der Waals surface area contributed by atoms with Gasteiger partial charge in [-0.1, -0.05) is 0 Å². The van der Waals surface area contributed by atoms with Crippen molar-refractivity contribution >= 4 is 0 Å². The highest BCUT2D eigenvalue weighted by atomic mass is 15.0. The van der Waals surface area contributed by atoms with Crippen molar-refractivity contribution in [1.82, 2.24) is 5.32 Å². The summed E-state index contributed by atoms with van der Waals surface area (Å²) >= 11 is 0. The van der Waals surface area contributed by atoms with Gasteiger partial charge >= 0.3 is 0 Å². The first-order valence-corrected chi connectivity index (χ1v) is 3.79. The summed E-state index contributed by atoms with van der Waals surface area (Å²) in [5.74, 6) is 0. The summed E-state index contributed by atoms with van der Waals surface area (Å²) in [6.45, 7) is 3.06. The molecule has 1 rings (SSSR count). The Balaban J connectivity index is 2.14. The van der Waals surface area contributed by atoms with E-state index in [2.05, 4.69) is 12.2 Å². The summed E-state index contributed by atoms with van der Waals surface area (Å²) in [6.07, 6.45) is 3.79. The van der Waals surface area contributed by atoms with Crippen LogP contribution in [0.4, 0.5) is 0 Å². The number of hydrogen-bond donors (Lipinski definition) is 2. The Morgan fingerprint density at radius 2 is 2.33 bits per heavy atom. The number of nitrogens with two attached hydrogens (primary N) is 1. The smallest absolute Gasteiger partial charge is 0.00821 e. The SMILES string of the molecule is C[C@H]1CC[C@H](CCN)N1. The van der Waals surface area contributed by atoms with Crippen LogP contribution < -0.4 is 11.1 Å². The Morgan fingerprint density at radius 3 is 2.78 bits per heavy atom. The van der Waals surface area contributed by atoms with E-state index in [4.69, 9.17) is 5.73 Å². The fraction of sp³-hybridized carbons (Fsp3) is 1.00. The molecule has 0 aliphatic carbocycles. The second-order valence-corrected chi connectivity index (χ2v) is 2.92. The normalized spacial score (nSPS) is 35.3. The van der Waals surface area contributed by atoms with Crippen LogP contribution in [0.2, 0.25) is 0 Å². The van der Waals surface area contributed by atoms with Gasteiger partial charge in [0, 0.05) is 12.1 Å². The van der Waals surface area contributed by atoms with E-state index < -0.39 is 0 Å². The molecule has 9 heavy (non-hydrogen) atoms. The van der Waals surface area contributed by atoms with Gasteiger partial charge in [0.1, 0.15) is 0 Å². The van der Waals surface area contributed by atoms with Crippen LogP contribution in [0.15, 0.2) is 0 Å². The molecule has 1 saturated heterocycles. The molecule has 0 aromatic carbocycles. The van der Waals surface area contributed by atoms with Crippen molar-refractivity contribution in [3.8, 4) is 0 Å². The minimum atomic E-state index is 0.713. The Labute approximate surface area is 56.8 Å². The van der Waals surface area contributed by atoms with Gasteiger partial charge in [0.2, 0.25) is 0 Å². The molecule has 0 amide bonds. The Kier molecular flexibility index (Phi) is 2.49. The second kappa shape index (κ2) is 3.18. The zero-order valence-corrected chi connectivity index (χ0v) is 6.06. The lowest BCUT2D eigenvalue weighted by molar-refractivity contribution is 0.533. The highest BCUT2D eigenvalue weighted by Crippen LogP contribution is 2.13. The van der Waals surface area contributed by atoms with Crippen molar-refractivity contribution in [2.75, 3.05) is 6.54 Å². The van der Waals surface area contributed by atoms with Gasteiger partial charge < -0.3 is 11.1 Å². The molecule has 0 aromatic rings. The minimum absolute atomic E-state index is 0.713. The lowest BCUT2D eigenvalue weighted by Crippen LogP contribution is -2.28. The largest absolute Gasteiger partial charge is 0.330 e. The molecule has 0 aromatic heterocycles. The van der Waals surface area contributed by atoms with E-state index in [0.717, 1.165) is 19.0 Å². The molecular formula is C7H16N2. The molecular weight excluding hydrogens is 112 g/mol. The lowest BCUT2D eigenvalue weighted by Gasteiger charge is -2.08. The van der Waals surface area contributed by atoms with Gasteiger partial charge in [0.05, 0.1) is 0 Å². The van der Waals surface area contributed by atoms with Crippen LogP contribution in [0, 0.1) is 0 Å². The average molecular weight is 128 g/mol. The predicted octanol–water partition coefficient (Wildman–Crippen LogP) is 0.476. The van der Waals surface area contributed by atoms with Gasteiger partial charge in [-0.3, -0.25) is 0 Å². The van der Waals surface area contributed by atoms with Crippen molar-refractivity contribution in [3.63, 3.8) is 0 Å². The van der Waals surface area contributed by atoms with Crippen LogP contribution in [0.1, 0.15) is 26.2 Å². The van der Waals surface area contributed by atoms with E-state index in [1.165, 1.54) is 12.8 Å². The van der Waals surface area contributed by atoms with Gasteiger partial charge in [-0.15, -0.1) is 0 Å². The monoisotopic (exact) mass is 128 g/mol. The summed E-state index contributed by atoms with van der Waals surface area (Å²) in [5.41, 5.74) is 5.41. The van der Waals surface area contributed by atoms with E-state index in [1.807, 2.05) is 0 Å². The Bertz CT molecular complexity index is 81.0. The van der Waals surface area contributed by atoms with E-state index in [1.54, 1.807) is 0 Å². The molecule has 2 atom stereocenters. The summed E-state index contributed by atoms with van der Waals surface area (Å²) in [4.78, 5) is 0. The van der Waals surface area contributed by atoms with Gasteiger partial charge in [-0.05, 0) is 32.7 Å². The lowest BCUT2D eigenvalue weighted by atomic mass is 10.1. The molecule has 1 aliphatic heterocycles. The summed E-state index contributed by atoms with van der Waals surface area (Å²) < 4.78 is 0. The van der Waals surface area contributed by atoms with E-state index in [9.17, 15) is 0 Å². The number of rotatable bonds is 2. The predicted molar refractivity (Wildman–Crippen MR) is 39.3 cm³/mol. The zero-order chi connectivity index (χ0) is 6.69. The molecule has 3 N–H and O–H groups in total. The van der Waals surface area contributed by atoms with Crippen LogP contribution in [-0.2, 0) is 0 Å². The Morgan fingerprint density at radius 1 is 1.56 bits per heavy atom. The zero-order valence-electron chi connectivity index (χ0n) is 6.06. The van der Waals surface area contributed by atoms with E-state index in [-0.39, 0.29) is 0 Å². The number of nitrogens with one attached hydrogen (secondary N) is 1. The first-order chi connectivity index (χ1) is 4.33. The van der Waals surface area contributed by atoms with Gasteiger partial charge in [0.25, 0.3) is 0 Å². The third-order valence-corrected chi connectivity index (χ3v) is 1.98. The van der Waals surface area contributed by atoms with Crippen LogP contribution in [0.5, 0.6) is 0 Å². The maximum Gasteiger partial charge on any atom is 0.00821 e. The molecule has 54 valence electrons. The molecule has 1 aliphatic rings. The molecule has 2 heteroatoms. The van der Waals surface area contributed by atoms with Gasteiger partial charge in [-0.2, -0.15) is 0 Å². The van der Waals surface area contributed by atoms with Crippen molar-refractivity contribution in [2.24, 2.45) is 5.73 Å². The van der Waals surface area contributed by atoms with Crippen LogP contribution >= 0.6 is 0 Å². The van der Waals surface area contributed by atoms with Gasteiger partial charge in [0.15, 0.2) is 0 Å². The van der Waals surface area contributed by atoms with Crippen molar-refractivity contribution in [1.29, 1.82) is 0 Å². The topological polar surface area (TPSA) is 38.0 Å². The highest BCUT2D eigenvalue weighted by Gasteiger charge is 2.18. The minimum Gasteiger partial charge on any atom is -0.330 e. The molecule has 0 spiro atoms. The standard InChI is InChI=1S/C7H16N2/c1-6-2-3-7(9-6)4-5-8/h6-7,9H,2-5,8H2,1H3/t6-,7+/m0/s1. The molecule has 0 bridgehead atoms. The molecule has 1 heterocycles. The quantitative estimate of drug-likeness (QED) is 0.567. The Hall–Kier alpha value is -0.0800. The van der Waals surface area contributed by atoms with E-state index in [0.29, 0.717) is 6.04 Å². The maximum atomic E-state index is 5.41. The fourth-order valence-electron chi connectivity index (χ4n) is 1.45. The van der Waals surface area contributed by atoms with Crippen molar-refractivity contribution in [2.45, 2.75) is 38.3 Å². The van der Waals surface area contributed by atoms with Crippen molar-refractivity contribution < 1.29 is 0 Å². The third-order valence-electron chi connectivity index (χ3n) is 1.98. The number of hydrogen-bond acceptors (Lipinski definition) is 2. The highest BCUT2D eigenvalue weighted by molar-refractivity contribution is 4.80. The first-order valence-electron chi connectivity index (χ1n) is 3.79. The van der Waals surface area contributed by atoms with Gasteiger partial charge in [-0.25, -0.2) is 0 Å². The molecule has 1 fully saturated rings. The molecule has 0 radical (unpaired) electrons. The average Bonchev–Trinajstić information content (AvgIpc) is 2.17. The third kappa shape index (κ3) is 1.95. The molecule has 0 saturated carbocycles.